The van der Waals surface area contributed by atoms with E-state index in [1.54, 1.807) is 0 Å². The van der Waals surface area contributed by atoms with E-state index < -0.39 is 0 Å². The average Bonchev–Trinajstić information content (AvgIpc) is 2.54. The van der Waals surface area contributed by atoms with Gasteiger partial charge in [0.1, 0.15) is 16.8 Å². The van der Waals surface area contributed by atoms with E-state index >= 15 is 0 Å². The zero-order chi connectivity index (χ0) is 12.3. The Morgan fingerprint density at radius 1 is 1.06 bits per heavy atom. The molecule has 1 aliphatic rings. The van der Waals surface area contributed by atoms with Gasteiger partial charge in [0.2, 0.25) is 0 Å². The van der Waals surface area contributed by atoms with Gasteiger partial charge in [0.05, 0.1) is 0 Å². The number of nitrogens with one attached hydrogen (secondary N) is 1. The van der Waals surface area contributed by atoms with Crippen LogP contribution in [0.2, 0.25) is 5.15 Å². The largest absolute Gasteiger partial charge is 0.367 e. The van der Waals surface area contributed by atoms with Gasteiger partial charge in [-0.05, 0) is 26.7 Å². The van der Waals surface area contributed by atoms with Crippen LogP contribution in [0.5, 0.6) is 0 Å². The van der Waals surface area contributed by atoms with Crippen molar-refractivity contribution in [1.29, 1.82) is 0 Å². The van der Waals surface area contributed by atoms with Crippen molar-refractivity contribution in [3.8, 4) is 0 Å². The number of hydrogen-bond acceptors (Lipinski definition) is 3. The Morgan fingerprint density at radius 3 is 2.35 bits per heavy atom. The molecule has 0 radical (unpaired) electrons. The topological polar surface area (TPSA) is 37.8 Å². The van der Waals surface area contributed by atoms with E-state index in [2.05, 4.69) is 15.3 Å². The van der Waals surface area contributed by atoms with Gasteiger partial charge in [-0.25, -0.2) is 9.97 Å². The number of anilines is 1. The Balaban J connectivity index is 2.11. The molecule has 1 aromatic heterocycles. The molecule has 1 N–H and O–H groups in total. The van der Waals surface area contributed by atoms with Crippen LogP contribution in [0, 0.1) is 13.8 Å². The van der Waals surface area contributed by atoms with Gasteiger partial charge in [0, 0.05) is 11.6 Å². The molecule has 94 valence electrons. The maximum Gasteiger partial charge on any atom is 0.137 e. The molecule has 1 fully saturated rings. The summed E-state index contributed by atoms with van der Waals surface area (Å²) in [5, 5.41) is 4.10. The van der Waals surface area contributed by atoms with Crippen molar-refractivity contribution < 1.29 is 0 Å². The molecule has 0 aliphatic heterocycles. The molecule has 0 spiro atoms. The molecule has 4 heteroatoms. The van der Waals surface area contributed by atoms with Crippen molar-refractivity contribution in [3.63, 3.8) is 0 Å². The predicted octanol–water partition coefficient (Wildman–Crippen LogP) is 3.88. The van der Waals surface area contributed by atoms with E-state index in [4.69, 9.17) is 11.6 Å². The lowest BCUT2D eigenvalue weighted by Crippen LogP contribution is -2.20. The molecule has 0 bridgehead atoms. The molecular weight excluding hydrogens is 234 g/mol. The Bertz CT molecular complexity index is 384. The Morgan fingerprint density at radius 2 is 1.71 bits per heavy atom. The lowest BCUT2D eigenvalue weighted by Gasteiger charge is -2.18. The zero-order valence-corrected chi connectivity index (χ0v) is 11.3. The summed E-state index contributed by atoms with van der Waals surface area (Å²) in [6.45, 7) is 3.85. The van der Waals surface area contributed by atoms with Gasteiger partial charge in [-0.15, -0.1) is 0 Å². The van der Waals surface area contributed by atoms with Crippen LogP contribution in [-0.2, 0) is 0 Å². The summed E-state index contributed by atoms with van der Waals surface area (Å²) in [5.74, 6) is 1.64. The van der Waals surface area contributed by atoms with Crippen LogP contribution in [0.25, 0.3) is 0 Å². The molecule has 0 amide bonds. The third-order valence-electron chi connectivity index (χ3n) is 3.39. The first kappa shape index (κ1) is 12.6. The highest BCUT2D eigenvalue weighted by Gasteiger charge is 2.15. The standard InChI is InChI=1S/C13H20ClN3/c1-9-12(14)15-10(2)16-13(9)17-11-7-5-3-4-6-8-11/h11H,3-8H2,1-2H3,(H,15,16,17). The van der Waals surface area contributed by atoms with Gasteiger partial charge in [0.15, 0.2) is 0 Å². The second kappa shape index (κ2) is 5.67. The first-order valence-electron chi connectivity index (χ1n) is 6.44. The van der Waals surface area contributed by atoms with Crippen molar-refractivity contribution in [2.45, 2.75) is 58.4 Å². The van der Waals surface area contributed by atoms with Crippen molar-refractivity contribution in [2.24, 2.45) is 0 Å². The highest BCUT2D eigenvalue weighted by Crippen LogP contribution is 2.24. The number of halogens is 1. The SMILES string of the molecule is Cc1nc(Cl)c(C)c(NC2CCCCCC2)n1. The van der Waals surface area contributed by atoms with Crippen LogP contribution in [0.1, 0.15) is 49.9 Å². The van der Waals surface area contributed by atoms with Gasteiger partial charge in [-0.2, -0.15) is 0 Å². The van der Waals surface area contributed by atoms with Crippen molar-refractivity contribution in [1.82, 2.24) is 9.97 Å². The van der Waals surface area contributed by atoms with E-state index in [1.807, 2.05) is 13.8 Å². The minimum atomic E-state index is 0.543. The van der Waals surface area contributed by atoms with E-state index in [0.29, 0.717) is 11.2 Å². The summed E-state index contributed by atoms with van der Waals surface area (Å²) >= 11 is 6.08. The number of hydrogen-bond donors (Lipinski definition) is 1. The minimum Gasteiger partial charge on any atom is -0.367 e. The fourth-order valence-corrected chi connectivity index (χ4v) is 2.56. The maximum atomic E-state index is 6.08. The quantitative estimate of drug-likeness (QED) is 0.642. The average molecular weight is 254 g/mol. The fourth-order valence-electron chi connectivity index (χ4n) is 2.35. The van der Waals surface area contributed by atoms with Crippen LogP contribution in [0.15, 0.2) is 0 Å². The van der Waals surface area contributed by atoms with Crippen LogP contribution in [0.4, 0.5) is 5.82 Å². The molecule has 1 saturated carbocycles. The summed E-state index contributed by atoms with van der Waals surface area (Å²) < 4.78 is 0. The predicted molar refractivity (Wildman–Crippen MR) is 71.6 cm³/mol. The molecule has 2 rings (SSSR count). The smallest absolute Gasteiger partial charge is 0.137 e. The summed E-state index contributed by atoms with van der Waals surface area (Å²) in [4.78, 5) is 8.61. The van der Waals surface area contributed by atoms with E-state index in [-0.39, 0.29) is 0 Å². The molecule has 0 unspecified atom stereocenters. The molecule has 3 nitrogen and oxygen atoms in total. The highest BCUT2D eigenvalue weighted by molar-refractivity contribution is 6.30. The second-order valence-electron chi connectivity index (χ2n) is 4.87. The summed E-state index contributed by atoms with van der Waals surface area (Å²) in [5.41, 5.74) is 0.960. The van der Waals surface area contributed by atoms with E-state index in [9.17, 15) is 0 Å². The Hall–Kier alpha value is -0.830. The molecule has 17 heavy (non-hydrogen) atoms. The van der Waals surface area contributed by atoms with Crippen molar-refractivity contribution >= 4 is 17.4 Å². The molecule has 1 aliphatic carbocycles. The number of rotatable bonds is 2. The Labute approximate surface area is 108 Å². The van der Waals surface area contributed by atoms with Crippen LogP contribution in [-0.4, -0.2) is 16.0 Å². The van der Waals surface area contributed by atoms with Gasteiger partial charge in [-0.3, -0.25) is 0 Å². The van der Waals surface area contributed by atoms with E-state index in [0.717, 1.165) is 17.2 Å². The molecule has 0 atom stereocenters. The zero-order valence-electron chi connectivity index (χ0n) is 10.6. The molecule has 0 aromatic carbocycles. The number of aromatic nitrogens is 2. The van der Waals surface area contributed by atoms with Crippen LogP contribution >= 0.6 is 11.6 Å². The summed E-state index contributed by atoms with van der Waals surface area (Å²) in [6.07, 6.45) is 7.82. The summed E-state index contributed by atoms with van der Waals surface area (Å²) in [7, 11) is 0. The van der Waals surface area contributed by atoms with Crippen LogP contribution in [0.3, 0.4) is 0 Å². The third-order valence-corrected chi connectivity index (χ3v) is 3.76. The molecule has 0 saturated heterocycles. The minimum absolute atomic E-state index is 0.543. The number of aryl methyl sites for hydroxylation is 1. The number of nitrogens with zero attached hydrogens (tertiary/aromatic N) is 2. The van der Waals surface area contributed by atoms with Gasteiger partial charge in [-0.1, -0.05) is 37.3 Å². The van der Waals surface area contributed by atoms with Gasteiger partial charge < -0.3 is 5.32 Å². The summed E-state index contributed by atoms with van der Waals surface area (Å²) in [6, 6.07) is 0.543. The van der Waals surface area contributed by atoms with Crippen LogP contribution < -0.4 is 5.32 Å². The third kappa shape index (κ3) is 3.32. The fraction of sp³-hybridized carbons (Fsp3) is 0.692. The Kier molecular flexibility index (Phi) is 4.21. The first-order chi connectivity index (χ1) is 8.16. The maximum absolute atomic E-state index is 6.08. The normalized spacial score (nSPS) is 17.8. The van der Waals surface area contributed by atoms with Gasteiger partial charge in [0.25, 0.3) is 0 Å². The van der Waals surface area contributed by atoms with Gasteiger partial charge >= 0.3 is 0 Å². The lowest BCUT2D eigenvalue weighted by atomic mass is 10.1. The molecule has 1 aromatic rings. The monoisotopic (exact) mass is 253 g/mol. The molecule has 1 heterocycles. The van der Waals surface area contributed by atoms with E-state index in [1.165, 1.54) is 38.5 Å². The lowest BCUT2D eigenvalue weighted by molar-refractivity contribution is 0.616. The highest BCUT2D eigenvalue weighted by atomic mass is 35.5. The second-order valence-corrected chi connectivity index (χ2v) is 5.23. The van der Waals surface area contributed by atoms with Crippen molar-refractivity contribution in [2.75, 3.05) is 5.32 Å². The molecular formula is C13H20ClN3. The van der Waals surface area contributed by atoms with Crippen molar-refractivity contribution in [3.05, 3.63) is 16.5 Å². The first-order valence-corrected chi connectivity index (χ1v) is 6.82.